The highest BCUT2D eigenvalue weighted by atomic mass is 32.1. The largest absolute Gasteiger partial charge is 0.311 e. The Balaban J connectivity index is 1.96. The lowest BCUT2D eigenvalue weighted by Crippen LogP contribution is -2.45. The minimum atomic E-state index is 0.419. The fraction of sp³-hybridized carbons (Fsp3) is 0.692. The van der Waals surface area contributed by atoms with E-state index in [4.69, 9.17) is 0 Å². The van der Waals surface area contributed by atoms with Gasteiger partial charge in [-0.15, -0.1) is 0 Å². The van der Waals surface area contributed by atoms with Crippen molar-refractivity contribution >= 4 is 11.3 Å². The molecule has 1 aromatic heterocycles. The Morgan fingerprint density at radius 3 is 2.93 bits per heavy atom. The highest BCUT2D eigenvalue weighted by Gasteiger charge is 2.35. The Morgan fingerprint density at radius 1 is 1.53 bits per heavy atom. The fourth-order valence-electron chi connectivity index (χ4n) is 2.63. The lowest BCUT2D eigenvalue weighted by Gasteiger charge is -2.34. The molecule has 1 aromatic rings. The van der Waals surface area contributed by atoms with E-state index in [9.17, 15) is 0 Å². The van der Waals surface area contributed by atoms with Crippen LogP contribution in [0.1, 0.15) is 38.7 Å². The van der Waals surface area contributed by atoms with Crippen molar-refractivity contribution in [1.29, 1.82) is 0 Å². The highest BCUT2D eigenvalue weighted by Crippen LogP contribution is 2.32. The van der Waals surface area contributed by atoms with Crippen LogP contribution in [0.2, 0.25) is 0 Å². The fourth-order valence-corrected chi connectivity index (χ4v) is 3.33. The van der Waals surface area contributed by atoms with Gasteiger partial charge in [-0.1, -0.05) is 13.8 Å². The Morgan fingerprint density at radius 2 is 2.40 bits per heavy atom. The maximum absolute atomic E-state index is 3.74. The quantitative estimate of drug-likeness (QED) is 0.824. The van der Waals surface area contributed by atoms with Crippen molar-refractivity contribution in [3.8, 4) is 0 Å². The van der Waals surface area contributed by atoms with Crippen molar-refractivity contribution in [1.82, 2.24) is 5.32 Å². The minimum Gasteiger partial charge on any atom is -0.311 e. The van der Waals surface area contributed by atoms with E-state index in [1.165, 1.54) is 37.8 Å². The van der Waals surface area contributed by atoms with Gasteiger partial charge in [-0.3, -0.25) is 0 Å². The Hall–Kier alpha value is -0.340. The summed E-state index contributed by atoms with van der Waals surface area (Å²) in [5, 5.41) is 8.20. The average molecular weight is 223 g/mol. The molecule has 1 unspecified atom stereocenters. The molecule has 84 valence electrons. The summed E-state index contributed by atoms with van der Waals surface area (Å²) in [6.45, 7) is 5.92. The number of thiophene rings is 1. The zero-order valence-corrected chi connectivity index (χ0v) is 10.6. The predicted octanol–water partition coefficient (Wildman–Crippen LogP) is 3.46. The maximum Gasteiger partial charge on any atom is 0.0208 e. The molecule has 2 rings (SSSR count). The molecule has 2 heterocycles. The van der Waals surface area contributed by atoms with Gasteiger partial charge in [0, 0.05) is 5.54 Å². The molecule has 15 heavy (non-hydrogen) atoms. The Bertz CT molecular complexity index is 283. The molecule has 0 aromatic carbocycles. The first-order valence-corrected chi connectivity index (χ1v) is 6.93. The van der Waals surface area contributed by atoms with E-state index in [0.717, 1.165) is 5.92 Å². The molecule has 0 amide bonds. The van der Waals surface area contributed by atoms with Crippen molar-refractivity contribution in [2.45, 2.75) is 45.1 Å². The lowest BCUT2D eigenvalue weighted by atomic mass is 9.80. The van der Waals surface area contributed by atoms with Crippen LogP contribution in [-0.4, -0.2) is 12.1 Å². The second kappa shape index (κ2) is 4.67. The van der Waals surface area contributed by atoms with Crippen LogP contribution in [0.3, 0.4) is 0 Å². The lowest BCUT2D eigenvalue weighted by molar-refractivity contribution is 0.252. The van der Waals surface area contributed by atoms with E-state index >= 15 is 0 Å². The summed E-state index contributed by atoms with van der Waals surface area (Å²) < 4.78 is 0. The normalized spacial score (nSPS) is 26.3. The molecule has 1 atom stereocenters. The van der Waals surface area contributed by atoms with E-state index in [-0.39, 0.29) is 0 Å². The Labute approximate surface area is 96.9 Å². The van der Waals surface area contributed by atoms with Gasteiger partial charge in [0.1, 0.15) is 0 Å². The smallest absolute Gasteiger partial charge is 0.0208 e. The van der Waals surface area contributed by atoms with E-state index in [1.807, 2.05) is 11.3 Å². The van der Waals surface area contributed by atoms with Crippen molar-refractivity contribution in [2.24, 2.45) is 5.92 Å². The standard InChI is InChI=1S/C13H21NS/c1-11(2)13(6-3-8-14-13)7-4-12-5-9-15-10-12/h5,9-11,14H,3-4,6-8H2,1-2H3. The molecule has 0 bridgehead atoms. The average Bonchev–Trinajstić information content (AvgIpc) is 2.87. The second-order valence-corrected chi connectivity index (χ2v) is 5.75. The molecule has 1 aliphatic rings. The van der Waals surface area contributed by atoms with Gasteiger partial charge in [0.15, 0.2) is 0 Å². The van der Waals surface area contributed by atoms with Gasteiger partial charge in [-0.25, -0.2) is 0 Å². The van der Waals surface area contributed by atoms with Crippen LogP contribution < -0.4 is 5.32 Å². The van der Waals surface area contributed by atoms with Gasteiger partial charge in [-0.2, -0.15) is 11.3 Å². The van der Waals surface area contributed by atoms with E-state index in [2.05, 4.69) is 36.0 Å². The molecule has 1 N–H and O–H groups in total. The van der Waals surface area contributed by atoms with Gasteiger partial charge >= 0.3 is 0 Å². The molecule has 0 aliphatic carbocycles. The van der Waals surface area contributed by atoms with Crippen LogP contribution in [0.4, 0.5) is 0 Å². The monoisotopic (exact) mass is 223 g/mol. The highest BCUT2D eigenvalue weighted by molar-refractivity contribution is 7.07. The van der Waals surface area contributed by atoms with Gasteiger partial charge in [-0.05, 0) is 60.5 Å². The molecular weight excluding hydrogens is 202 g/mol. The van der Waals surface area contributed by atoms with Gasteiger partial charge in [0.05, 0.1) is 0 Å². The van der Waals surface area contributed by atoms with E-state index in [1.54, 1.807) is 0 Å². The number of hydrogen-bond donors (Lipinski definition) is 1. The molecule has 0 radical (unpaired) electrons. The van der Waals surface area contributed by atoms with Crippen LogP contribution in [0, 0.1) is 5.92 Å². The van der Waals surface area contributed by atoms with Crippen LogP contribution in [0.25, 0.3) is 0 Å². The molecule has 1 nitrogen and oxygen atoms in total. The van der Waals surface area contributed by atoms with Crippen molar-refractivity contribution in [2.75, 3.05) is 6.54 Å². The first-order chi connectivity index (χ1) is 7.23. The summed E-state index contributed by atoms with van der Waals surface area (Å²) >= 11 is 1.81. The number of hydrogen-bond acceptors (Lipinski definition) is 2. The number of rotatable bonds is 4. The van der Waals surface area contributed by atoms with Crippen LogP contribution in [-0.2, 0) is 6.42 Å². The van der Waals surface area contributed by atoms with Gasteiger partial charge in [0.25, 0.3) is 0 Å². The summed E-state index contributed by atoms with van der Waals surface area (Å²) in [4.78, 5) is 0. The van der Waals surface area contributed by atoms with E-state index in [0.29, 0.717) is 5.54 Å². The zero-order valence-electron chi connectivity index (χ0n) is 9.75. The second-order valence-electron chi connectivity index (χ2n) is 4.97. The third-order valence-electron chi connectivity index (χ3n) is 3.82. The van der Waals surface area contributed by atoms with Gasteiger partial charge in [0.2, 0.25) is 0 Å². The molecule has 1 fully saturated rings. The molecule has 0 saturated carbocycles. The number of aryl methyl sites for hydroxylation is 1. The summed E-state index contributed by atoms with van der Waals surface area (Å²) in [5.74, 6) is 0.749. The Kier molecular flexibility index (Phi) is 3.47. The molecule has 0 spiro atoms. The third kappa shape index (κ3) is 2.43. The summed E-state index contributed by atoms with van der Waals surface area (Å²) in [6.07, 6.45) is 5.23. The first kappa shape index (κ1) is 11.2. The third-order valence-corrected chi connectivity index (χ3v) is 4.55. The molecular formula is C13H21NS. The summed E-state index contributed by atoms with van der Waals surface area (Å²) in [6, 6.07) is 2.26. The molecule has 2 heteroatoms. The van der Waals surface area contributed by atoms with Crippen molar-refractivity contribution < 1.29 is 0 Å². The molecule has 1 saturated heterocycles. The zero-order chi connectivity index (χ0) is 10.7. The van der Waals surface area contributed by atoms with E-state index < -0.39 is 0 Å². The first-order valence-electron chi connectivity index (χ1n) is 5.99. The van der Waals surface area contributed by atoms with Crippen LogP contribution in [0.15, 0.2) is 16.8 Å². The van der Waals surface area contributed by atoms with Crippen LogP contribution in [0.5, 0.6) is 0 Å². The summed E-state index contributed by atoms with van der Waals surface area (Å²) in [7, 11) is 0. The van der Waals surface area contributed by atoms with Crippen molar-refractivity contribution in [3.63, 3.8) is 0 Å². The SMILES string of the molecule is CC(C)C1(CCc2ccsc2)CCCN1. The maximum atomic E-state index is 3.74. The van der Waals surface area contributed by atoms with Gasteiger partial charge < -0.3 is 5.32 Å². The van der Waals surface area contributed by atoms with Crippen LogP contribution >= 0.6 is 11.3 Å². The van der Waals surface area contributed by atoms with Crippen molar-refractivity contribution in [3.05, 3.63) is 22.4 Å². The predicted molar refractivity (Wildman–Crippen MR) is 67.4 cm³/mol. The summed E-state index contributed by atoms with van der Waals surface area (Å²) in [5.41, 5.74) is 1.93. The molecule has 1 aliphatic heterocycles. The topological polar surface area (TPSA) is 12.0 Å². The minimum absolute atomic E-state index is 0.419. The number of nitrogens with one attached hydrogen (secondary N) is 1.